The van der Waals surface area contributed by atoms with Crippen molar-refractivity contribution >= 4 is 24.0 Å². The molecule has 3 aliphatic rings. The van der Waals surface area contributed by atoms with Crippen LogP contribution in [0.25, 0.3) is 0 Å². The van der Waals surface area contributed by atoms with Gasteiger partial charge < -0.3 is 20.5 Å². The van der Waals surface area contributed by atoms with Crippen LogP contribution in [0.3, 0.4) is 0 Å². The maximum Gasteiger partial charge on any atom is 0.227 e. The fraction of sp³-hybridized carbons (Fsp3) is 0.667. The van der Waals surface area contributed by atoms with E-state index in [1.807, 2.05) is 24.3 Å². The van der Waals surface area contributed by atoms with Crippen molar-refractivity contribution in [2.75, 3.05) is 18.5 Å². The van der Waals surface area contributed by atoms with E-state index in [-0.39, 0.29) is 30.3 Å². The van der Waals surface area contributed by atoms with Crippen molar-refractivity contribution in [3.63, 3.8) is 0 Å². The summed E-state index contributed by atoms with van der Waals surface area (Å²) in [6, 6.07) is 7.95. The molecule has 2 bridgehead atoms. The molecule has 5 nitrogen and oxygen atoms in total. The summed E-state index contributed by atoms with van der Waals surface area (Å²) in [6.07, 6.45) is 7.90. The third kappa shape index (κ3) is 4.95. The predicted octanol–water partition coefficient (Wildman–Crippen LogP) is 3.76. The maximum atomic E-state index is 12.7. The van der Waals surface area contributed by atoms with Crippen LogP contribution in [0.1, 0.15) is 44.9 Å². The zero-order valence-electron chi connectivity index (χ0n) is 15.8. The Morgan fingerprint density at radius 2 is 1.81 bits per heavy atom. The largest absolute Gasteiger partial charge is 0.491 e. The van der Waals surface area contributed by atoms with Crippen molar-refractivity contribution in [3.05, 3.63) is 24.3 Å². The Balaban J connectivity index is 0.00000210. The molecule has 1 saturated heterocycles. The highest BCUT2D eigenvalue weighted by atomic mass is 35.5. The molecule has 1 heterocycles. The van der Waals surface area contributed by atoms with Gasteiger partial charge in [0, 0.05) is 24.3 Å². The van der Waals surface area contributed by atoms with Gasteiger partial charge in [0.05, 0.1) is 6.10 Å². The van der Waals surface area contributed by atoms with Crippen LogP contribution in [-0.4, -0.2) is 31.3 Å². The number of hydrogen-bond acceptors (Lipinski definition) is 4. The SMILES string of the molecule is Cl.NC1C2CCCC1CC(C(=O)Nc1ccc(OCC3CCCO3)cc1)C2. The summed E-state index contributed by atoms with van der Waals surface area (Å²) in [5.41, 5.74) is 7.17. The standard InChI is InChI=1S/C21H30N2O3.ClH/c22-20-14-3-1-4-15(20)12-16(11-14)21(24)23-17-6-8-18(9-7-17)26-13-19-5-2-10-25-19;/h6-9,14-16,19-20H,1-5,10-13,22H2,(H,23,24);1H. The first-order valence-corrected chi connectivity index (χ1v) is 10.1. The van der Waals surface area contributed by atoms with E-state index in [2.05, 4.69) is 5.32 Å². The second kappa shape index (κ2) is 9.26. The van der Waals surface area contributed by atoms with E-state index in [0.29, 0.717) is 24.5 Å². The molecule has 27 heavy (non-hydrogen) atoms. The molecule has 1 aromatic rings. The quantitative estimate of drug-likeness (QED) is 0.797. The molecule has 1 aromatic carbocycles. The molecule has 3 atom stereocenters. The monoisotopic (exact) mass is 394 g/mol. The van der Waals surface area contributed by atoms with Crippen LogP contribution < -0.4 is 15.8 Å². The lowest BCUT2D eigenvalue weighted by Gasteiger charge is -2.43. The van der Waals surface area contributed by atoms with Gasteiger partial charge in [0.25, 0.3) is 0 Å². The highest BCUT2D eigenvalue weighted by Gasteiger charge is 2.40. The third-order valence-electron chi connectivity index (χ3n) is 6.37. The Morgan fingerprint density at radius 3 is 2.44 bits per heavy atom. The van der Waals surface area contributed by atoms with E-state index in [4.69, 9.17) is 15.2 Å². The lowest BCUT2D eigenvalue weighted by molar-refractivity contribution is -0.122. The predicted molar refractivity (Wildman–Crippen MR) is 108 cm³/mol. The van der Waals surface area contributed by atoms with E-state index < -0.39 is 0 Å². The molecule has 0 aromatic heterocycles. The number of nitrogens with two attached hydrogens (primary N) is 1. The molecule has 1 aliphatic heterocycles. The first-order chi connectivity index (χ1) is 12.7. The van der Waals surface area contributed by atoms with E-state index >= 15 is 0 Å². The summed E-state index contributed by atoms with van der Waals surface area (Å²) in [7, 11) is 0. The second-order valence-electron chi connectivity index (χ2n) is 8.16. The average molecular weight is 395 g/mol. The topological polar surface area (TPSA) is 73.6 Å². The Kier molecular flexibility index (Phi) is 7.01. The van der Waals surface area contributed by atoms with Gasteiger partial charge >= 0.3 is 0 Å². The Hall–Kier alpha value is -1.30. The summed E-state index contributed by atoms with van der Waals surface area (Å²) in [5.74, 6) is 2.10. The summed E-state index contributed by atoms with van der Waals surface area (Å²) < 4.78 is 11.3. The van der Waals surface area contributed by atoms with Crippen LogP contribution in [0.5, 0.6) is 5.75 Å². The van der Waals surface area contributed by atoms with Gasteiger partial charge in [0.2, 0.25) is 5.91 Å². The summed E-state index contributed by atoms with van der Waals surface area (Å²) in [4.78, 5) is 12.7. The van der Waals surface area contributed by atoms with E-state index in [0.717, 1.165) is 43.7 Å². The highest BCUT2D eigenvalue weighted by Crippen LogP contribution is 2.42. The zero-order chi connectivity index (χ0) is 17.9. The van der Waals surface area contributed by atoms with Gasteiger partial charge in [0.15, 0.2) is 0 Å². The van der Waals surface area contributed by atoms with E-state index in [9.17, 15) is 4.79 Å². The van der Waals surface area contributed by atoms with Crippen molar-refractivity contribution in [1.82, 2.24) is 0 Å². The number of nitrogens with one attached hydrogen (secondary N) is 1. The number of carbonyl (C=O) groups is 1. The number of halogens is 1. The number of anilines is 1. The van der Waals surface area contributed by atoms with E-state index in [1.165, 1.54) is 19.3 Å². The molecule has 150 valence electrons. The molecule has 0 spiro atoms. The van der Waals surface area contributed by atoms with Gasteiger partial charge in [-0.3, -0.25) is 4.79 Å². The average Bonchev–Trinajstić information content (AvgIpc) is 3.14. The van der Waals surface area contributed by atoms with Crippen molar-refractivity contribution in [3.8, 4) is 5.75 Å². The molecule has 1 amide bonds. The normalized spacial score (nSPS) is 32.4. The van der Waals surface area contributed by atoms with Gasteiger partial charge in [-0.25, -0.2) is 0 Å². The molecule has 6 heteroatoms. The van der Waals surface area contributed by atoms with Gasteiger partial charge in [-0.2, -0.15) is 0 Å². The van der Waals surface area contributed by atoms with Gasteiger partial charge in [-0.1, -0.05) is 6.42 Å². The maximum absolute atomic E-state index is 12.7. The van der Waals surface area contributed by atoms with E-state index in [1.54, 1.807) is 0 Å². The van der Waals surface area contributed by atoms with Crippen LogP contribution in [0.15, 0.2) is 24.3 Å². The zero-order valence-corrected chi connectivity index (χ0v) is 16.6. The fourth-order valence-electron chi connectivity index (χ4n) is 4.85. The summed E-state index contributed by atoms with van der Waals surface area (Å²) in [6.45, 7) is 1.43. The highest BCUT2D eigenvalue weighted by molar-refractivity contribution is 5.92. The minimum Gasteiger partial charge on any atom is -0.491 e. The number of hydrogen-bond donors (Lipinski definition) is 2. The van der Waals surface area contributed by atoms with Crippen molar-refractivity contribution in [1.29, 1.82) is 0 Å². The Bertz CT molecular complexity index is 604. The fourth-order valence-corrected chi connectivity index (χ4v) is 4.85. The first-order valence-electron chi connectivity index (χ1n) is 10.1. The van der Waals surface area contributed by atoms with Crippen LogP contribution in [0.4, 0.5) is 5.69 Å². The van der Waals surface area contributed by atoms with Crippen LogP contribution in [0.2, 0.25) is 0 Å². The number of benzene rings is 1. The molecule has 2 saturated carbocycles. The lowest BCUT2D eigenvalue weighted by atomic mass is 9.65. The van der Waals surface area contributed by atoms with Gasteiger partial charge in [0.1, 0.15) is 12.4 Å². The number of amides is 1. The van der Waals surface area contributed by atoms with Crippen LogP contribution in [-0.2, 0) is 9.53 Å². The van der Waals surface area contributed by atoms with Gasteiger partial charge in [-0.15, -0.1) is 12.4 Å². The number of ether oxygens (including phenoxy) is 2. The Morgan fingerprint density at radius 1 is 1.11 bits per heavy atom. The van der Waals surface area contributed by atoms with Crippen molar-refractivity contribution in [2.45, 2.75) is 57.1 Å². The lowest BCUT2D eigenvalue weighted by Crippen LogP contribution is -2.48. The Labute approximate surface area is 167 Å². The molecular weight excluding hydrogens is 364 g/mol. The summed E-state index contributed by atoms with van der Waals surface area (Å²) >= 11 is 0. The van der Waals surface area contributed by atoms with Crippen LogP contribution in [0, 0.1) is 17.8 Å². The minimum atomic E-state index is 0. The molecule has 3 N–H and O–H groups in total. The summed E-state index contributed by atoms with van der Waals surface area (Å²) in [5, 5.41) is 3.08. The third-order valence-corrected chi connectivity index (χ3v) is 6.37. The smallest absolute Gasteiger partial charge is 0.227 e. The molecule has 4 rings (SSSR count). The molecule has 3 fully saturated rings. The van der Waals surface area contributed by atoms with Crippen molar-refractivity contribution in [2.24, 2.45) is 23.5 Å². The molecular formula is C21H31ClN2O3. The molecule has 3 unspecified atom stereocenters. The number of fused-ring (bicyclic) bond motifs is 2. The van der Waals surface area contributed by atoms with Crippen molar-refractivity contribution < 1.29 is 14.3 Å². The molecule has 0 radical (unpaired) electrons. The number of carbonyl (C=O) groups excluding carboxylic acids is 1. The number of rotatable bonds is 5. The van der Waals surface area contributed by atoms with Gasteiger partial charge in [-0.05, 0) is 74.6 Å². The molecule has 2 aliphatic carbocycles. The minimum absolute atomic E-state index is 0. The second-order valence-corrected chi connectivity index (χ2v) is 8.16. The van der Waals surface area contributed by atoms with Crippen LogP contribution >= 0.6 is 12.4 Å². The first kappa shape index (κ1) is 20.4.